The predicted octanol–water partition coefficient (Wildman–Crippen LogP) is 1.93. The van der Waals surface area contributed by atoms with Crippen molar-refractivity contribution in [3.05, 3.63) is 0 Å². The van der Waals surface area contributed by atoms with Crippen LogP contribution in [-0.2, 0) is 4.74 Å². The topological polar surface area (TPSA) is 49.8 Å². The number of ether oxygens (including phenoxy) is 1. The summed E-state index contributed by atoms with van der Waals surface area (Å²) in [5.74, 6) is 0. The molecule has 4 nitrogen and oxygen atoms in total. The number of likely N-dealkylation sites (tertiary alicyclic amines) is 1. The van der Waals surface area contributed by atoms with Crippen molar-refractivity contribution in [1.29, 1.82) is 0 Å². The summed E-state index contributed by atoms with van der Waals surface area (Å²) in [5, 5.41) is 9.79. The number of halogens is 1. The zero-order valence-electron chi connectivity index (χ0n) is 10.3. The van der Waals surface area contributed by atoms with Gasteiger partial charge in [-0.25, -0.2) is 4.79 Å². The second-order valence-electron chi connectivity index (χ2n) is 6.14. The van der Waals surface area contributed by atoms with Crippen LogP contribution in [0.4, 0.5) is 4.79 Å². The van der Waals surface area contributed by atoms with Gasteiger partial charge < -0.3 is 9.84 Å². The van der Waals surface area contributed by atoms with Gasteiger partial charge in [-0.2, -0.15) is 0 Å². The lowest BCUT2D eigenvalue weighted by atomic mass is 10.2. The fourth-order valence-corrected chi connectivity index (χ4v) is 8.39. The monoisotopic (exact) mass is 351 g/mol. The van der Waals surface area contributed by atoms with E-state index < -0.39 is 24.7 Å². The summed E-state index contributed by atoms with van der Waals surface area (Å²) >= 11 is -1.42. The third-order valence-electron chi connectivity index (χ3n) is 3.69. The van der Waals surface area contributed by atoms with E-state index in [1.165, 1.54) is 0 Å². The smallest absolute Gasteiger partial charge is 0.411 e. The molecule has 0 aromatic carbocycles. The number of carbonyl (C=O) groups excluding carboxylic acids is 1. The number of nitrogens with zero attached hydrogens (tertiary/aromatic N) is 1. The Morgan fingerprint density at radius 3 is 2.59 bits per heavy atom. The van der Waals surface area contributed by atoms with Crippen LogP contribution in [-0.4, -0.2) is 41.3 Å². The lowest BCUT2D eigenvalue weighted by Crippen LogP contribution is -2.44. The Kier molecular flexibility index (Phi) is 2.22. The molecule has 0 aromatic rings. The molecule has 0 radical (unpaired) electrons. The van der Waals surface area contributed by atoms with Gasteiger partial charge in [-0.05, 0) is 27.2 Å². The van der Waals surface area contributed by atoms with Crippen LogP contribution in [0.5, 0.6) is 0 Å². The van der Waals surface area contributed by atoms with Crippen LogP contribution in [0, 0.1) is 4.31 Å². The second-order valence-corrected chi connectivity index (χ2v) is 11.2. The zero-order valence-corrected chi connectivity index (χ0v) is 12.5. The molecule has 3 aliphatic rings. The molecule has 2 heterocycles. The quantitative estimate of drug-likeness (QED) is 0.412. The average molecular weight is 351 g/mol. The first-order valence-corrected chi connectivity index (χ1v) is 9.61. The molecule has 5 heteroatoms. The minimum Gasteiger partial charge on any atom is -0.444 e. The third kappa shape index (κ3) is 1.63. The maximum atomic E-state index is 12.2. The molecule has 2 saturated heterocycles. The summed E-state index contributed by atoms with van der Waals surface area (Å²) in [6.45, 7) is 5.58. The van der Waals surface area contributed by atoms with Crippen molar-refractivity contribution in [2.45, 2.75) is 58.8 Å². The van der Waals surface area contributed by atoms with E-state index in [0.717, 1.165) is 6.42 Å². The molecule has 3 fully saturated rings. The largest absolute Gasteiger partial charge is 0.444 e. The van der Waals surface area contributed by atoms with Crippen LogP contribution >= 0.6 is 19.1 Å². The van der Waals surface area contributed by atoms with Gasteiger partial charge in [-0.15, -0.1) is 23.5 Å². The molecular formula is C12H18INO3. The summed E-state index contributed by atoms with van der Waals surface area (Å²) < 4.78 is 12.3. The predicted molar refractivity (Wildman–Crippen MR) is 72.6 cm³/mol. The third-order valence-corrected chi connectivity index (χ3v) is 8.72. The molecule has 17 heavy (non-hydrogen) atoms. The van der Waals surface area contributed by atoms with E-state index in [1.54, 1.807) is 4.90 Å². The van der Waals surface area contributed by atoms with Gasteiger partial charge >= 0.3 is 6.09 Å². The van der Waals surface area contributed by atoms with Crippen molar-refractivity contribution in [2.24, 2.45) is 0 Å². The van der Waals surface area contributed by atoms with Gasteiger partial charge in [0.25, 0.3) is 0 Å². The van der Waals surface area contributed by atoms with E-state index in [4.69, 9.17) is 9.05 Å². The molecule has 1 saturated carbocycles. The number of hydrogen-bond donors (Lipinski definition) is 1. The fraction of sp³-hybridized carbons (Fsp3) is 0.833. The van der Waals surface area contributed by atoms with Crippen LogP contribution in [0.25, 0.3) is 0 Å². The van der Waals surface area contributed by atoms with Crippen molar-refractivity contribution in [3.63, 3.8) is 0 Å². The molecule has 2 aliphatic heterocycles. The number of aliphatic hydroxyl groups excluding tert-OH is 1. The van der Waals surface area contributed by atoms with Crippen LogP contribution in [0.3, 0.4) is 0 Å². The maximum absolute atomic E-state index is 12.2. The molecule has 3 rings (SSSR count). The highest BCUT2D eigenvalue weighted by Crippen LogP contribution is 2.71. The standard InChI is InChI=1S/C12H18INO3/c1-11(2,3)17-10(16)14-9-7(13(9)4)5-12(14)6-8(12)15/h4,7-9,15H,5-6H2,1-3H3/t7-,8-,9+,12?/m1/s1. The lowest BCUT2D eigenvalue weighted by molar-refractivity contribution is 0.0147. The molecule has 1 amide bonds. The number of fused-ring (bicyclic) bond motifs is 1. The number of rotatable bonds is 0. The Morgan fingerprint density at radius 2 is 2.12 bits per heavy atom. The van der Waals surface area contributed by atoms with Crippen molar-refractivity contribution in [1.82, 2.24) is 4.90 Å². The van der Waals surface area contributed by atoms with Crippen molar-refractivity contribution in [3.8, 4) is 4.31 Å². The van der Waals surface area contributed by atoms with Gasteiger partial charge in [-0.3, -0.25) is 4.90 Å². The van der Waals surface area contributed by atoms with E-state index in [9.17, 15) is 9.90 Å². The zero-order chi connectivity index (χ0) is 12.6. The minimum absolute atomic E-state index is 0.242. The molecule has 1 spiro atoms. The summed E-state index contributed by atoms with van der Waals surface area (Å²) in [6.07, 6.45) is 0.946. The molecular weight excluding hydrogens is 333 g/mol. The van der Waals surface area contributed by atoms with Crippen molar-refractivity contribution in [2.75, 3.05) is 0 Å². The normalized spacial score (nSPS) is 43.7. The van der Waals surface area contributed by atoms with Crippen LogP contribution in [0.2, 0.25) is 0 Å². The Labute approximate surface area is 108 Å². The first kappa shape index (κ1) is 11.8. The Morgan fingerprint density at radius 1 is 1.53 bits per heavy atom. The number of hydrogen-bond acceptors (Lipinski definition) is 3. The van der Waals surface area contributed by atoms with Gasteiger partial charge in [0.2, 0.25) is 0 Å². The minimum atomic E-state index is -1.42. The van der Waals surface area contributed by atoms with Crippen molar-refractivity contribution >= 4 is 25.2 Å². The Hall–Kier alpha value is -0.260. The first-order chi connectivity index (χ1) is 7.76. The van der Waals surface area contributed by atoms with Crippen LogP contribution in [0.15, 0.2) is 0 Å². The maximum Gasteiger partial charge on any atom is 0.411 e. The van der Waals surface area contributed by atoms with E-state index in [1.807, 2.05) is 20.8 Å². The highest BCUT2D eigenvalue weighted by atomic mass is 127. The lowest BCUT2D eigenvalue weighted by Gasteiger charge is -2.30. The second kappa shape index (κ2) is 3.19. The summed E-state index contributed by atoms with van der Waals surface area (Å²) in [7, 11) is 0. The first-order valence-electron chi connectivity index (χ1n) is 5.88. The van der Waals surface area contributed by atoms with Crippen LogP contribution < -0.4 is 0 Å². The van der Waals surface area contributed by atoms with Gasteiger partial charge in [0.05, 0.1) is 15.7 Å². The van der Waals surface area contributed by atoms with E-state index in [2.05, 4.69) is 0 Å². The number of amides is 1. The van der Waals surface area contributed by atoms with E-state index in [-0.39, 0.29) is 21.8 Å². The van der Waals surface area contributed by atoms with E-state index >= 15 is 0 Å². The SMILES string of the molecule is C#I1[C@@H]2CC3(C[C@H]3O)N(C(=O)OC(C)(C)C)[C@@H]21. The molecule has 0 bridgehead atoms. The van der Waals surface area contributed by atoms with Gasteiger partial charge in [0, 0.05) is 10.3 Å². The van der Waals surface area contributed by atoms with Gasteiger partial charge in [-0.1, -0.05) is 0 Å². The van der Waals surface area contributed by atoms with Crippen molar-refractivity contribution < 1.29 is 14.6 Å². The molecule has 1 N–H and O–H groups in total. The summed E-state index contributed by atoms with van der Waals surface area (Å²) in [6, 6.07) is 0. The average Bonchev–Trinajstić information content (AvgIpc) is 2.90. The molecule has 0 aromatic heterocycles. The van der Waals surface area contributed by atoms with Crippen LogP contribution in [0.1, 0.15) is 33.6 Å². The molecule has 1 aliphatic carbocycles. The fourth-order valence-electron chi connectivity index (χ4n) is 2.73. The van der Waals surface area contributed by atoms with Gasteiger partial charge in [0.1, 0.15) is 5.60 Å². The highest BCUT2D eigenvalue weighted by molar-refractivity contribution is 14.2. The van der Waals surface area contributed by atoms with Gasteiger partial charge in [0.15, 0.2) is 0 Å². The molecule has 1 unspecified atom stereocenters. The molecule has 4 atom stereocenters. The number of carbonyl (C=O) groups is 1. The summed E-state index contributed by atoms with van der Waals surface area (Å²) in [4.78, 5) is 14.0. The Bertz CT molecular complexity index is 461. The number of aliphatic hydroxyl groups is 1. The Balaban J connectivity index is 1.81. The van der Waals surface area contributed by atoms with E-state index in [0.29, 0.717) is 10.3 Å². The highest BCUT2D eigenvalue weighted by Gasteiger charge is 2.74. The summed E-state index contributed by atoms with van der Waals surface area (Å²) in [5.41, 5.74) is -0.802. The number of alkyl halides is 2. The molecule has 96 valence electrons.